The standard InChI is InChI=1S/C25H24N4O2/c30-23(10-7-18-5-8-20(9-6-18)29-14-2-4-24(29)31)28-15-11-19(12-16-28)22-17-27-25-21(22)3-1-13-26-25/h1,3,5-11,13,17H,2,4,12,14-16H2,(H,26,27)/b10-7+. The SMILES string of the molecule is O=C(/C=C/c1ccc(N2CCCC2=O)cc1)N1CC=C(c2c[nH]c3ncccc23)CC1. The zero-order chi connectivity index (χ0) is 21.2. The van der Waals surface area contributed by atoms with Gasteiger partial charge >= 0.3 is 0 Å². The van der Waals surface area contributed by atoms with Crippen molar-refractivity contribution in [2.75, 3.05) is 24.5 Å². The van der Waals surface area contributed by atoms with Gasteiger partial charge in [-0.05, 0) is 54.3 Å². The van der Waals surface area contributed by atoms with Gasteiger partial charge < -0.3 is 14.8 Å². The first-order valence-electron chi connectivity index (χ1n) is 10.7. The van der Waals surface area contributed by atoms with Gasteiger partial charge in [0.15, 0.2) is 0 Å². The van der Waals surface area contributed by atoms with Crippen molar-refractivity contribution in [1.82, 2.24) is 14.9 Å². The number of aromatic nitrogens is 2. The lowest BCUT2D eigenvalue weighted by molar-refractivity contribution is -0.125. The maximum absolute atomic E-state index is 12.6. The van der Waals surface area contributed by atoms with Crippen molar-refractivity contribution in [2.45, 2.75) is 19.3 Å². The van der Waals surface area contributed by atoms with Crippen molar-refractivity contribution in [3.63, 3.8) is 0 Å². The van der Waals surface area contributed by atoms with E-state index in [0.29, 0.717) is 19.5 Å². The average molecular weight is 412 g/mol. The van der Waals surface area contributed by atoms with Gasteiger partial charge in [0, 0.05) is 61.2 Å². The molecule has 0 bridgehead atoms. The smallest absolute Gasteiger partial charge is 0.246 e. The molecule has 2 amide bonds. The molecule has 4 heterocycles. The summed E-state index contributed by atoms with van der Waals surface area (Å²) in [6.45, 7) is 2.07. The molecule has 1 aromatic carbocycles. The molecule has 0 saturated carbocycles. The van der Waals surface area contributed by atoms with E-state index in [1.165, 1.54) is 11.1 Å². The summed E-state index contributed by atoms with van der Waals surface area (Å²) >= 11 is 0. The molecule has 0 unspecified atom stereocenters. The topological polar surface area (TPSA) is 69.3 Å². The van der Waals surface area contributed by atoms with E-state index in [-0.39, 0.29) is 11.8 Å². The molecular formula is C25H24N4O2. The average Bonchev–Trinajstić information content (AvgIpc) is 3.44. The van der Waals surface area contributed by atoms with Gasteiger partial charge in [-0.25, -0.2) is 4.98 Å². The van der Waals surface area contributed by atoms with Crippen molar-refractivity contribution in [3.05, 3.63) is 72.1 Å². The Kier molecular flexibility index (Phi) is 5.12. The number of amides is 2. The number of nitrogens with zero attached hydrogens (tertiary/aromatic N) is 3. The lowest BCUT2D eigenvalue weighted by Gasteiger charge is -2.25. The molecule has 3 aromatic rings. The molecule has 6 heteroatoms. The number of hydrogen-bond donors (Lipinski definition) is 1. The largest absolute Gasteiger partial charge is 0.346 e. The van der Waals surface area contributed by atoms with Crippen molar-refractivity contribution in [3.8, 4) is 0 Å². The monoisotopic (exact) mass is 412 g/mol. The third-order valence-corrected chi connectivity index (χ3v) is 6.01. The van der Waals surface area contributed by atoms with Crippen LogP contribution in [0.4, 0.5) is 5.69 Å². The normalized spacial score (nSPS) is 17.0. The molecule has 31 heavy (non-hydrogen) atoms. The summed E-state index contributed by atoms with van der Waals surface area (Å²) in [6, 6.07) is 11.8. The van der Waals surface area contributed by atoms with Gasteiger partial charge in [0.1, 0.15) is 5.65 Å². The third-order valence-electron chi connectivity index (χ3n) is 6.01. The summed E-state index contributed by atoms with van der Waals surface area (Å²) < 4.78 is 0. The van der Waals surface area contributed by atoms with Gasteiger partial charge in [-0.15, -0.1) is 0 Å². The number of benzene rings is 1. The highest BCUT2D eigenvalue weighted by molar-refractivity contribution is 5.96. The van der Waals surface area contributed by atoms with Crippen molar-refractivity contribution >= 4 is 40.2 Å². The number of hydrogen-bond acceptors (Lipinski definition) is 3. The molecule has 6 nitrogen and oxygen atoms in total. The molecule has 5 rings (SSSR count). The third kappa shape index (κ3) is 3.89. The molecule has 2 aliphatic rings. The van der Waals surface area contributed by atoms with Crippen LogP contribution in [0.25, 0.3) is 22.7 Å². The maximum Gasteiger partial charge on any atom is 0.246 e. The minimum absolute atomic E-state index is 0.00897. The summed E-state index contributed by atoms with van der Waals surface area (Å²) in [7, 11) is 0. The van der Waals surface area contributed by atoms with Gasteiger partial charge in [-0.2, -0.15) is 0 Å². The predicted molar refractivity (Wildman–Crippen MR) is 122 cm³/mol. The van der Waals surface area contributed by atoms with Crippen LogP contribution >= 0.6 is 0 Å². The van der Waals surface area contributed by atoms with Gasteiger partial charge in [-0.1, -0.05) is 18.2 Å². The Labute approximate surface area is 180 Å². The van der Waals surface area contributed by atoms with Gasteiger partial charge in [0.2, 0.25) is 11.8 Å². The molecule has 1 N–H and O–H groups in total. The Hall–Kier alpha value is -3.67. The summed E-state index contributed by atoms with van der Waals surface area (Å²) in [5, 5.41) is 1.12. The van der Waals surface area contributed by atoms with Crippen molar-refractivity contribution in [1.29, 1.82) is 0 Å². The van der Waals surface area contributed by atoms with Crippen LogP contribution in [0.2, 0.25) is 0 Å². The molecular weight excluding hydrogens is 388 g/mol. The first-order valence-corrected chi connectivity index (χ1v) is 10.7. The van der Waals surface area contributed by atoms with Gasteiger partial charge in [0.25, 0.3) is 0 Å². The van der Waals surface area contributed by atoms with Crippen LogP contribution in [0.5, 0.6) is 0 Å². The van der Waals surface area contributed by atoms with Gasteiger partial charge in [-0.3, -0.25) is 9.59 Å². The summed E-state index contributed by atoms with van der Waals surface area (Å²) in [6.07, 6.45) is 11.7. The maximum atomic E-state index is 12.6. The van der Waals surface area contributed by atoms with Crippen LogP contribution < -0.4 is 4.90 Å². The van der Waals surface area contributed by atoms with Crippen LogP contribution in [0, 0.1) is 0 Å². The molecule has 156 valence electrons. The van der Waals surface area contributed by atoms with E-state index < -0.39 is 0 Å². The Bertz CT molecular complexity index is 1190. The van der Waals surface area contributed by atoms with E-state index in [4.69, 9.17) is 0 Å². The summed E-state index contributed by atoms with van der Waals surface area (Å²) in [5.74, 6) is 0.189. The number of anilines is 1. The highest BCUT2D eigenvalue weighted by Gasteiger charge is 2.21. The number of pyridine rings is 1. The highest BCUT2D eigenvalue weighted by atomic mass is 16.2. The first kappa shape index (κ1) is 19.3. The minimum Gasteiger partial charge on any atom is -0.346 e. The second-order valence-corrected chi connectivity index (χ2v) is 7.94. The lowest BCUT2D eigenvalue weighted by Crippen LogP contribution is -2.33. The summed E-state index contributed by atoms with van der Waals surface area (Å²) in [4.78, 5) is 35.7. The fourth-order valence-corrected chi connectivity index (χ4v) is 4.29. The molecule has 0 spiro atoms. The van der Waals surface area contributed by atoms with Crippen LogP contribution in [0.1, 0.15) is 30.4 Å². The predicted octanol–water partition coefficient (Wildman–Crippen LogP) is 4.02. The Morgan fingerprint density at radius 3 is 2.71 bits per heavy atom. The molecule has 0 aliphatic carbocycles. The second kappa shape index (κ2) is 8.22. The minimum atomic E-state index is 0.00897. The van der Waals surface area contributed by atoms with Gasteiger partial charge in [0.05, 0.1) is 0 Å². The molecule has 1 fully saturated rings. The number of nitrogens with one attached hydrogen (secondary N) is 1. The summed E-state index contributed by atoms with van der Waals surface area (Å²) in [5.41, 5.74) is 5.18. The Morgan fingerprint density at radius 1 is 1.10 bits per heavy atom. The molecule has 2 aliphatic heterocycles. The fraction of sp³-hybridized carbons (Fsp3) is 0.240. The van der Waals surface area contributed by atoms with E-state index in [0.717, 1.165) is 41.7 Å². The van der Waals surface area contributed by atoms with E-state index in [1.54, 1.807) is 12.3 Å². The number of rotatable bonds is 4. The number of carbonyl (C=O) groups is 2. The lowest BCUT2D eigenvalue weighted by atomic mass is 9.99. The van der Waals surface area contributed by atoms with Crippen LogP contribution in [0.15, 0.2) is 60.9 Å². The van der Waals surface area contributed by atoms with Crippen molar-refractivity contribution < 1.29 is 9.59 Å². The fourth-order valence-electron chi connectivity index (χ4n) is 4.29. The second-order valence-electron chi connectivity index (χ2n) is 7.94. The molecule has 0 atom stereocenters. The molecule has 1 saturated heterocycles. The van der Waals surface area contributed by atoms with Crippen LogP contribution in [0.3, 0.4) is 0 Å². The zero-order valence-electron chi connectivity index (χ0n) is 17.3. The number of fused-ring (bicyclic) bond motifs is 1. The van der Waals surface area contributed by atoms with Crippen LogP contribution in [-0.2, 0) is 9.59 Å². The molecule has 0 radical (unpaired) electrons. The zero-order valence-corrected chi connectivity index (χ0v) is 17.3. The van der Waals surface area contributed by atoms with E-state index >= 15 is 0 Å². The van der Waals surface area contributed by atoms with E-state index in [1.807, 2.05) is 52.4 Å². The highest BCUT2D eigenvalue weighted by Crippen LogP contribution is 2.28. The Balaban J connectivity index is 1.22. The van der Waals surface area contributed by atoms with Crippen LogP contribution in [-0.4, -0.2) is 46.3 Å². The Morgan fingerprint density at radius 2 is 1.97 bits per heavy atom. The van der Waals surface area contributed by atoms with Crippen molar-refractivity contribution in [2.24, 2.45) is 0 Å². The quantitative estimate of drug-likeness (QED) is 0.658. The molecule has 2 aromatic heterocycles. The number of carbonyl (C=O) groups excluding carboxylic acids is 2. The van der Waals surface area contributed by atoms with E-state index in [2.05, 4.69) is 22.1 Å². The number of H-pyrrole nitrogens is 1. The van der Waals surface area contributed by atoms with E-state index in [9.17, 15) is 9.59 Å². The number of aromatic amines is 1. The first-order chi connectivity index (χ1) is 15.2.